The third kappa shape index (κ3) is 3.87. The molecule has 2 aromatic rings. The first kappa shape index (κ1) is 20.9. The van der Waals surface area contributed by atoms with E-state index < -0.39 is 29.1 Å². The summed E-state index contributed by atoms with van der Waals surface area (Å²) in [4.78, 5) is 30.5. The van der Waals surface area contributed by atoms with Crippen LogP contribution in [0.3, 0.4) is 0 Å². The Balaban J connectivity index is 1.81. The Morgan fingerprint density at radius 3 is 2.42 bits per heavy atom. The number of halogens is 2. The monoisotopic (exact) mass is 423 g/mol. The number of nitrogens with zero attached hydrogens (tertiary/aromatic N) is 1. The molecule has 1 aliphatic carbocycles. The number of nitrogens with one attached hydrogen (secondary N) is 2. The highest BCUT2D eigenvalue weighted by atomic mass is 19.1. The SMILES string of the molecule is CC1=C(C(=O)Nc2c(F)cccc2F)C(c2ccncc2)C2=C(CC(C)(C)CC2=O)N1. The maximum absolute atomic E-state index is 14.2. The van der Waals surface area contributed by atoms with Crippen molar-refractivity contribution in [2.24, 2.45) is 5.41 Å². The van der Waals surface area contributed by atoms with E-state index in [1.165, 1.54) is 6.07 Å². The Bertz CT molecular complexity index is 1120. The first-order valence-electron chi connectivity index (χ1n) is 10.1. The van der Waals surface area contributed by atoms with Gasteiger partial charge in [0.2, 0.25) is 0 Å². The number of rotatable bonds is 3. The van der Waals surface area contributed by atoms with Gasteiger partial charge in [0.1, 0.15) is 17.3 Å². The quantitative estimate of drug-likeness (QED) is 0.757. The zero-order valence-corrected chi connectivity index (χ0v) is 17.6. The molecular weight excluding hydrogens is 400 g/mol. The summed E-state index contributed by atoms with van der Waals surface area (Å²) in [6.07, 6.45) is 4.20. The molecule has 0 fully saturated rings. The molecule has 0 radical (unpaired) electrons. The lowest BCUT2D eigenvalue weighted by atomic mass is 9.68. The van der Waals surface area contributed by atoms with Crippen LogP contribution in [0.4, 0.5) is 14.5 Å². The number of carbonyl (C=O) groups excluding carboxylic acids is 2. The normalized spacial score (nSPS) is 20.3. The number of ketones is 1. The standard InChI is InChI=1S/C24H23F2N3O2/c1-13-19(23(31)29-22-15(25)5-4-6-16(22)26)20(14-7-9-27-10-8-14)21-17(28-13)11-24(2,3)12-18(21)30/h4-10,20,28H,11-12H2,1-3H3,(H,29,31). The minimum absolute atomic E-state index is 0.0459. The van der Waals surface area contributed by atoms with E-state index in [-0.39, 0.29) is 16.8 Å². The summed E-state index contributed by atoms with van der Waals surface area (Å²) >= 11 is 0. The van der Waals surface area contributed by atoms with E-state index in [0.717, 1.165) is 23.4 Å². The molecule has 7 heteroatoms. The molecule has 2 heterocycles. The van der Waals surface area contributed by atoms with Crippen molar-refractivity contribution < 1.29 is 18.4 Å². The summed E-state index contributed by atoms with van der Waals surface area (Å²) in [6.45, 7) is 5.79. The predicted octanol–water partition coefficient (Wildman–Crippen LogP) is 4.60. The van der Waals surface area contributed by atoms with E-state index in [4.69, 9.17) is 0 Å². The fraction of sp³-hybridized carbons (Fsp3) is 0.292. The predicted molar refractivity (Wildman–Crippen MR) is 113 cm³/mol. The number of para-hydroxylation sites is 1. The summed E-state index contributed by atoms with van der Waals surface area (Å²) in [5, 5.41) is 5.59. The molecule has 1 aromatic carbocycles. The molecule has 0 saturated carbocycles. The molecule has 1 aromatic heterocycles. The third-order valence-electron chi connectivity index (χ3n) is 5.73. The van der Waals surface area contributed by atoms with E-state index in [0.29, 0.717) is 24.1 Å². The van der Waals surface area contributed by atoms with Gasteiger partial charge in [-0.25, -0.2) is 8.78 Å². The maximum Gasteiger partial charge on any atom is 0.254 e. The number of allylic oxidation sites excluding steroid dienone is 3. The Labute approximate surface area is 179 Å². The second-order valence-electron chi connectivity index (χ2n) is 8.76. The third-order valence-corrected chi connectivity index (χ3v) is 5.73. The Kier molecular flexibility index (Phi) is 5.21. The highest BCUT2D eigenvalue weighted by Gasteiger charge is 2.42. The van der Waals surface area contributed by atoms with Crippen LogP contribution in [-0.4, -0.2) is 16.7 Å². The largest absolute Gasteiger partial charge is 0.362 e. The van der Waals surface area contributed by atoms with Gasteiger partial charge in [-0.05, 0) is 48.6 Å². The van der Waals surface area contributed by atoms with E-state index in [1.54, 1.807) is 31.5 Å². The Hall–Kier alpha value is -3.35. The second-order valence-corrected chi connectivity index (χ2v) is 8.76. The van der Waals surface area contributed by atoms with Crippen LogP contribution < -0.4 is 10.6 Å². The van der Waals surface area contributed by atoms with E-state index in [2.05, 4.69) is 15.6 Å². The number of amides is 1. The van der Waals surface area contributed by atoms with Crippen LogP contribution in [0.15, 0.2) is 65.3 Å². The van der Waals surface area contributed by atoms with E-state index in [1.807, 2.05) is 13.8 Å². The lowest BCUT2D eigenvalue weighted by molar-refractivity contribution is -0.118. The van der Waals surface area contributed by atoms with Gasteiger partial charge in [0.25, 0.3) is 5.91 Å². The number of pyridine rings is 1. The summed E-state index contributed by atoms with van der Waals surface area (Å²) < 4.78 is 28.3. The molecule has 1 aliphatic heterocycles. The number of anilines is 1. The van der Waals surface area contributed by atoms with Crippen LogP contribution in [0, 0.1) is 17.0 Å². The Morgan fingerprint density at radius 2 is 1.77 bits per heavy atom. The number of dihydropyridines is 1. The summed E-state index contributed by atoms with van der Waals surface area (Å²) in [5.41, 5.74) is 2.10. The highest BCUT2D eigenvalue weighted by Crippen LogP contribution is 2.46. The van der Waals surface area contributed by atoms with Gasteiger partial charge in [-0.2, -0.15) is 0 Å². The van der Waals surface area contributed by atoms with E-state index >= 15 is 0 Å². The van der Waals surface area contributed by atoms with Crippen molar-refractivity contribution in [3.8, 4) is 0 Å². The smallest absolute Gasteiger partial charge is 0.254 e. The zero-order valence-electron chi connectivity index (χ0n) is 17.6. The molecule has 0 spiro atoms. The molecule has 1 amide bonds. The van der Waals surface area contributed by atoms with E-state index in [9.17, 15) is 18.4 Å². The fourth-order valence-corrected chi connectivity index (χ4v) is 4.42. The van der Waals surface area contributed by atoms with Crippen molar-refractivity contribution in [3.05, 3.63) is 82.5 Å². The zero-order chi connectivity index (χ0) is 22.3. The lowest BCUT2D eigenvalue weighted by Gasteiger charge is -2.39. The summed E-state index contributed by atoms with van der Waals surface area (Å²) in [6, 6.07) is 6.88. The molecular formula is C24H23F2N3O2. The minimum Gasteiger partial charge on any atom is -0.362 e. The van der Waals surface area contributed by atoms with Crippen LogP contribution in [0.5, 0.6) is 0 Å². The van der Waals surface area contributed by atoms with Gasteiger partial charge in [0.15, 0.2) is 5.78 Å². The van der Waals surface area contributed by atoms with Gasteiger partial charge in [-0.3, -0.25) is 14.6 Å². The molecule has 2 aliphatic rings. The molecule has 4 rings (SSSR count). The maximum atomic E-state index is 14.2. The van der Waals surface area contributed by atoms with Crippen LogP contribution in [0.1, 0.15) is 45.1 Å². The lowest BCUT2D eigenvalue weighted by Crippen LogP contribution is -2.39. The van der Waals surface area contributed by atoms with Gasteiger partial charge in [0, 0.05) is 47.3 Å². The number of hydrogen-bond acceptors (Lipinski definition) is 4. The first-order valence-corrected chi connectivity index (χ1v) is 10.1. The molecule has 5 nitrogen and oxygen atoms in total. The average molecular weight is 423 g/mol. The molecule has 1 atom stereocenters. The number of hydrogen-bond donors (Lipinski definition) is 2. The average Bonchev–Trinajstić information content (AvgIpc) is 2.69. The minimum atomic E-state index is -0.869. The second kappa shape index (κ2) is 7.72. The van der Waals surface area contributed by atoms with Gasteiger partial charge in [0.05, 0.1) is 0 Å². The molecule has 0 bridgehead atoms. The Morgan fingerprint density at radius 1 is 1.13 bits per heavy atom. The number of carbonyl (C=O) groups is 2. The van der Waals surface area contributed by atoms with Crippen molar-refractivity contribution in [1.82, 2.24) is 10.3 Å². The van der Waals surface area contributed by atoms with Crippen LogP contribution >= 0.6 is 0 Å². The molecule has 2 N–H and O–H groups in total. The van der Waals surface area contributed by atoms with Crippen LogP contribution in [0.25, 0.3) is 0 Å². The van der Waals surface area contributed by atoms with Crippen molar-refractivity contribution >= 4 is 17.4 Å². The number of Topliss-reactive ketones (excluding diaryl/α,β-unsaturated/α-hetero) is 1. The van der Waals surface area contributed by atoms with Crippen molar-refractivity contribution in [1.29, 1.82) is 0 Å². The number of benzene rings is 1. The number of aromatic nitrogens is 1. The summed E-state index contributed by atoms with van der Waals surface area (Å²) in [5.74, 6) is -3.11. The van der Waals surface area contributed by atoms with Gasteiger partial charge >= 0.3 is 0 Å². The van der Waals surface area contributed by atoms with Gasteiger partial charge in [-0.15, -0.1) is 0 Å². The first-order chi connectivity index (χ1) is 14.7. The topological polar surface area (TPSA) is 71.1 Å². The van der Waals surface area contributed by atoms with Crippen molar-refractivity contribution in [3.63, 3.8) is 0 Å². The van der Waals surface area contributed by atoms with Crippen molar-refractivity contribution in [2.75, 3.05) is 5.32 Å². The van der Waals surface area contributed by atoms with Gasteiger partial charge in [-0.1, -0.05) is 19.9 Å². The molecule has 160 valence electrons. The van der Waals surface area contributed by atoms with Crippen LogP contribution in [0.2, 0.25) is 0 Å². The molecule has 31 heavy (non-hydrogen) atoms. The van der Waals surface area contributed by atoms with Crippen molar-refractivity contribution in [2.45, 2.75) is 39.5 Å². The van der Waals surface area contributed by atoms with Crippen LogP contribution in [-0.2, 0) is 9.59 Å². The highest BCUT2D eigenvalue weighted by molar-refractivity contribution is 6.10. The van der Waals surface area contributed by atoms with Gasteiger partial charge < -0.3 is 10.6 Å². The fourth-order valence-electron chi connectivity index (χ4n) is 4.42. The summed E-state index contributed by atoms with van der Waals surface area (Å²) in [7, 11) is 0. The molecule has 0 saturated heterocycles. The molecule has 1 unspecified atom stereocenters.